The minimum atomic E-state index is -0.324. The van der Waals surface area contributed by atoms with Crippen molar-refractivity contribution in [1.82, 2.24) is 0 Å². The molecule has 0 radical (unpaired) electrons. The van der Waals surface area contributed by atoms with Crippen LogP contribution in [0.4, 0.5) is 5.00 Å². The number of halogens is 2. The molecule has 0 spiro atoms. The van der Waals surface area contributed by atoms with Gasteiger partial charge < -0.3 is 19.9 Å². The first-order valence-electron chi connectivity index (χ1n) is 12.1. The highest BCUT2D eigenvalue weighted by Crippen LogP contribution is 2.40. The first kappa shape index (κ1) is 25.5. The third-order valence-electron chi connectivity index (χ3n) is 6.77. The van der Waals surface area contributed by atoms with Crippen LogP contribution in [0.2, 0.25) is 10.0 Å². The molecule has 1 aliphatic carbocycles. The van der Waals surface area contributed by atoms with Gasteiger partial charge in [-0.25, -0.2) is 4.79 Å². The second-order valence-corrected chi connectivity index (χ2v) is 11.4. The Kier molecular flexibility index (Phi) is 8.53. The lowest BCUT2D eigenvalue weighted by atomic mass is 9.88. The smallest absolute Gasteiger partial charge is 0.341 e. The molecule has 34 heavy (non-hydrogen) atoms. The number of hydrogen-bond donors (Lipinski definition) is 3. The average Bonchev–Trinajstić information content (AvgIpc) is 3.13. The Labute approximate surface area is 215 Å². The van der Waals surface area contributed by atoms with Gasteiger partial charge in [0.15, 0.2) is 6.54 Å². The van der Waals surface area contributed by atoms with Gasteiger partial charge in [0.25, 0.3) is 5.91 Å². The van der Waals surface area contributed by atoms with Crippen molar-refractivity contribution < 1.29 is 24.1 Å². The summed E-state index contributed by atoms with van der Waals surface area (Å²) in [6, 6.07) is 5.66. The molecule has 1 saturated heterocycles. The summed E-state index contributed by atoms with van der Waals surface area (Å²) >= 11 is 13.9. The van der Waals surface area contributed by atoms with Gasteiger partial charge >= 0.3 is 5.97 Å². The minimum absolute atomic E-state index is 0.0450. The SMILES string of the molecule is CCOC(=O)c1c(NC(=O)C[NH+]2CC[NH+](Cc3ccc(Cl)cc3Cl)CC2)sc2c1CCC(C)C2. The van der Waals surface area contributed by atoms with Gasteiger partial charge in [0, 0.05) is 15.5 Å². The van der Waals surface area contributed by atoms with E-state index in [-0.39, 0.29) is 11.9 Å². The molecule has 4 rings (SSSR count). The third-order valence-corrected chi connectivity index (χ3v) is 8.53. The lowest BCUT2D eigenvalue weighted by molar-refractivity contribution is -1.02. The lowest BCUT2D eigenvalue weighted by Crippen LogP contribution is -3.28. The molecule has 2 aromatic rings. The van der Waals surface area contributed by atoms with Crippen LogP contribution in [0.15, 0.2) is 18.2 Å². The van der Waals surface area contributed by atoms with Crippen LogP contribution in [0.3, 0.4) is 0 Å². The fourth-order valence-electron chi connectivity index (χ4n) is 4.90. The number of carbonyl (C=O) groups is 2. The summed E-state index contributed by atoms with van der Waals surface area (Å²) < 4.78 is 5.32. The fraction of sp³-hybridized carbons (Fsp3) is 0.520. The van der Waals surface area contributed by atoms with Gasteiger partial charge in [0.05, 0.1) is 17.2 Å². The Balaban J connectivity index is 1.34. The molecule has 3 N–H and O–H groups in total. The molecule has 9 heteroatoms. The summed E-state index contributed by atoms with van der Waals surface area (Å²) in [7, 11) is 0. The van der Waals surface area contributed by atoms with Crippen molar-refractivity contribution in [3.8, 4) is 0 Å². The standard InChI is InChI=1S/C25H31Cl2N3O3S/c1-3-33-25(32)23-19-7-4-16(2)12-21(19)34-24(23)28-22(31)15-30-10-8-29(9-11-30)14-17-5-6-18(26)13-20(17)27/h5-6,13,16H,3-4,7-12,14-15H2,1-2H3,(H,28,31)/p+2. The summed E-state index contributed by atoms with van der Waals surface area (Å²) in [6.07, 6.45) is 2.88. The molecule has 2 aliphatic rings. The van der Waals surface area contributed by atoms with Gasteiger partial charge in [-0.15, -0.1) is 11.3 Å². The number of carbonyl (C=O) groups excluding carboxylic acids is 2. The molecular formula is C25H33Cl2N3O3S+2. The van der Waals surface area contributed by atoms with Crippen molar-refractivity contribution in [3.63, 3.8) is 0 Å². The summed E-state index contributed by atoms with van der Waals surface area (Å²) in [6.45, 7) is 9.40. The summed E-state index contributed by atoms with van der Waals surface area (Å²) in [4.78, 5) is 29.5. The topological polar surface area (TPSA) is 64.3 Å². The largest absolute Gasteiger partial charge is 0.462 e. The van der Waals surface area contributed by atoms with Crippen molar-refractivity contribution in [2.45, 2.75) is 39.7 Å². The zero-order valence-corrected chi connectivity index (χ0v) is 22.1. The number of benzene rings is 1. The maximum absolute atomic E-state index is 12.9. The molecule has 0 bridgehead atoms. The van der Waals surface area contributed by atoms with Crippen LogP contribution in [-0.4, -0.2) is 51.2 Å². The Morgan fingerprint density at radius 1 is 1.18 bits per heavy atom. The number of thiophene rings is 1. The van der Waals surface area contributed by atoms with Crippen LogP contribution in [0.1, 0.15) is 46.6 Å². The zero-order valence-electron chi connectivity index (χ0n) is 19.8. The van der Waals surface area contributed by atoms with E-state index in [2.05, 4.69) is 12.2 Å². The van der Waals surface area contributed by atoms with E-state index in [4.69, 9.17) is 27.9 Å². The molecule has 1 aliphatic heterocycles. The minimum Gasteiger partial charge on any atom is -0.462 e. The number of piperazine rings is 1. The Bertz CT molecular complexity index is 1050. The predicted octanol–water partition coefficient (Wildman–Crippen LogP) is 2.28. The molecule has 184 valence electrons. The number of amides is 1. The molecular weight excluding hydrogens is 493 g/mol. The highest BCUT2D eigenvalue weighted by Gasteiger charge is 2.30. The number of ether oxygens (including phenoxy) is 1. The van der Waals surface area contributed by atoms with E-state index in [0.29, 0.717) is 39.7 Å². The lowest BCUT2D eigenvalue weighted by Gasteiger charge is -2.29. The number of quaternary nitrogens is 2. The van der Waals surface area contributed by atoms with Crippen molar-refractivity contribution >= 4 is 51.4 Å². The van der Waals surface area contributed by atoms with Crippen LogP contribution in [-0.2, 0) is 28.9 Å². The van der Waals surface area contributed by atoms with E-state index < -0.39 is 0 Å². The molecule has 2 heterocycles. The normalized spacial score (nSPS) is 22.2. The van der Waals surface area contributed by atoms with Gasteiger partial charge in [-0.3, -0.25) is 4.79 Å². The Hall–Kier alpha value is -1.64. The van der Waals surface area contributed by atoms with Crippen LogP contribution in [0, 0.1) is 5.92 Å². The third kappa shape index (κ3) is 6.13. The van der Waals surface area contributed by atoms with Crippen LogP contribution >= 0.6 is 34.5 Å². The average molecular weight is 527 g/mol. The van der Waals surface area contributed by atoms with E-state index in [0.717, 1.165) is 63.1 Å². The highest BCUT2D eigenvalue weighted by atomic mass is 35.5. The van der Waals surface area contributed by atoms with Crippen LogP contribution in [0.25, 0.3) is 0 Å². The summed E-state index contributed by atoms with van der Waals surface area (Å²) in [5.41, 5.74) is 2.75. The molecule has 1 amide bonds. The van der Waals surface area contributed by atoms with Crippen LogP contribution < -0.4 is 15.1 Å². The maximum atomic E-state index is 12.9. The van der Waals surface area contributed by atoms with Gasteiger partial charge in [0.1, 0.15) is 37.7 Å². The number of esters is 1. The second-order valence-electron chi connectivity index (χ2n) is 9.41. The van der Waals surface area contributed by atoms with Gasteiger partial charge in [0.2, 0.25) is 0 Å². The predicted molar refractivity (Wildman–Crippen MR) is 137 cm³/mol. The monoisotopic (exact) mass is 525 g/mol. The number of rotatable bonds is 7. The van der Waals surface area contributed by atoms with Gasteiger partial charge in [-0.1, -0.05) is 36.2 Å². The molecule has 0 saturated carbocycles. The van der Waals surface area contributed by atoms with Crippen LogP contribution in [0.5, 0.6) is 0 Å². The Morgan fingerprint density at radius 3 is 2.62 bits per heavy atom. The molecule has 6 nitrogen and oxygen atoms in total. The maximum Gasteiger partial charge on any atom is 0.341 e. The van der Waals surface area contributed by atoms with E-state index >= 15 is 0 Å². The van der Waals surface area contributed by atoms with Gasteiger partial charge in [-0.05, 0) is 49.8 Å². The molecule has 1 aromatic heterocycles. The highest BCUT2D eigenvalue weighted by molar-refractivity contribution is 7.17. The molecule has 1 unspecified atom stereocenters. The molecule has 1 fully saturated rings. The zero-order chi connectivity index (χ0) is 24.2. The number of hydrogen-bond acceptors (Lipinski definition) is 4. The summed E-state index contributed by atoms with van der Waals surface area (Å²) in [5, 5.41) is 5.07. The van der Waals surface area contributed by atoms with E-state index in [1.165, 1.54) is 14.7 Å². The Morgan fingerprint density at radius 2 is 1.91 bits per heavy atom. The van der Waals surface area contributed by atoms with Crippen molar-refractivity contribution in [2.24, 2.45) is 5.92 Å². The second kappa shape index (κ2) is 11.4. The van der Waals surface area contributed by atoms with Crippen molar-refractivity contribution in [3.05, 3.63) is 49.8 Å². The summed E-state index contributed by atoms with van der Waals surface area (Å²) in [5.74, 6) is 0.224. The van der Waals surface area contributed by atoms with E-state index in [1.54, 1.807) is 17.4 Å². The fourth-order valence-corrected chi connectivity index (χ4v) is 6.79. The first-order valence-corrected chi connectivity index (χ1v) is 13.6. The van der Waals surface area contributed by atoms with E-state index in [1.807, 2.05) is 19.1 Å². The van der Waals surface area contributed by atoms with Crippen molar-refractivity contribution in [1.29, 1.82) is 0 Å². The first-order chi connectivity index (χ1) is 16.3. The number of nitrogens with one attached hydrogen (secondary N) is 3. The molecule has 1 atom stereocenters. The molecule has 1 aromatic carbocycles. The van der Waals surface area contributed by atoms with Gasteiger partial charge in [-0.2, -0.15) is 0 Å². The van der Waals surface area contributed by atoms with Crippen molar-refractivity contribution in [2.75, 3.05) is 44.6 Å². The van der Waals surface area contributed by atoms with E-state index in [9.17, 15) is 9.59 Å². The quantitative estimate of drug-likeness (QED) is 0.486. The number of fused-ring (bicyclic) bond motifs is 1. The number of anilines is 1.